The van der Waals surface area contributed by atoms with Crippen LogP contribution in [0.4, 0.5) is 13.2 Å². The normalized spacial score (nSPS) is 13.5. The van der Waals surface area contributed by atoms with Crippen LogP contribution in [0.25, 0.3) is 0 Å². The molecule has 0 bridgehead atoms. The maximum Gasteiger partial charge on any atom is 0.416 e. The van der Waals surface area contributed by atoms with Gasteiger partial charge < -0.3 is 5.11 Å². The van der Waals surface area contributed by atoms with E-state index in [4.69, 9.17) is 0 Å². The molecule has 0 amide bonds. The van der Waals surface area contributed by atoms with Crippen LogP contribution in [0.5, 0.6) is 0 Å². The molecule has 0 fully saturated rings. The van der Waals surface area contributed by atoms with Crippen molar-refractivity contribution < 1.29 is 18.3 Å². The van der Waals surface area contributed by atoms with Crippen LogP contribution in [-0.4, -0.2) is 11.2 Å². The molecule has 19 heavy (non-hydrogen) atoms. The number of hydrogen-bond donors (Lipinski definition) is 1. The van der Waals surface area contributed by atoms with Crippen LogP contribution in [-0.2, 0) is 12.6 Å². The molecule has 0 saturated heterocycles. The SMILES string of the molecule is CCCCCCC(O)Cc1cccc(C(F)(F)F)c1. The highest BCUT2D eigenvalue weighted by molar-refractivity contribution is 5.26. The molecule has 0 spiro atoms. The molecule has 1 N–H and O–H groups in total. The molecule has 108 valence electrons. The number of aliphatic hydroxyl groups excluding tert-OH is 1. The van der Waals surface area contributed by atoms with E-state index >= 15 is 0 Å². The number of halogens is 3. The first-order valence-electron chi connectivity index (χ1n) is 6.77. The van der Waals surface area contributed by atoms with E-state index in [1.807, 2.05) is 0 Å². The highest BCUT2D eigenvalue weighted by atomic mass is 19.4. The number of benzene rings is 1. The van der Waals surface area contributed by atoms with Crippen LogP contribution in [0.2, 0.25) is 0 Å². The predicted molar refractivity (Wildman–Crippen MR) is 69.9 cm³/mol. The van der Waals surface area contributed by atoms with Gasteiger partial charge in [-0.05, 0) is 24.5 Å². The summed E-state index contributed by atoms with van der Waals surface area (Å²) in [5.74, 6) is 0. The summed E-state index contributed by atoms with van der Waals surface area (Å²) >= 11 is 0. The Morgan fingerprint density at radius 3 is 2.53 bits per heavy atom. The number of hydrogen-bond acceptors (Lipinski definition) is 1. The third kappa shape index (κ3) is 6.10. The molecule has 0 saturated carbocycles. The summed E-state index contributed by atoms with van der Waals surface area (Å²) in [5.41, 5.74) is -0.110. The Morgan fingerprint density at radius 1 is 1.16 bits per heavy atom. The van der Waals surface area contributed by atoms with E-state index in [0.717, 1.165) is 37.8 Å². The second-order valence-electron chi connectivity index (χ2n) is 4.91. The standard InChI is InChI=1S/C15H21F3O/c1-2-3-4-5-9-14(19)11-12-7-6-8-13(10-12)15(16,17)18/h6-8,10,14,19H,2-5,9,11H2,1H3. The van der Waals surface area contributed by atoms with Crippen molar-refractivity contribution in [2.24, 2.45) is 0 Å². The van der Waals surface area contributed by atoms with Crippen LogP contribution in [0, 0.1) is 0 Å². The fourth-order valence-electron chi connectivity index (χ4n) is 2.06. The number of rotatable bonds is 7. The minimum absolute atomic E-state index is 0.288. The molecule has 1 nitrogen and oxygen atoms in total. The van der Waals surface area contributed by atoms with Crippen LogP contribution >= 0.6 is 0 Å². The van der Waals surface area contributed by atoms with Gasteiger partial charge in [-0.1, -0.05) is 50.8 Å². The molecule has 0 radical (unpaired) electrons. The Kier molecular flexibility index (Phi) is 6.35. The van der Waals surface area contributed by atoms with Gasteiger partial charge in [-0.2, -0.15) is 13.2 Å². The molecule has 1 rings (SSSR count). The average Bonchev–Trinajstić information content (AvgIpc) is 2.34. The lowest BCUT2D eigenvalue weighted by Crippen LogP contribution is -2.11. The maximum absolute atomic E-state index is 12.5. The van der Waals surface area contributed by atoms with Crippen LogP contribution < -0.4 is 0 Å². The van der Waals surface area contributed by atoms with Gasteiger partial charge in [-0.25, -0.2) is 0 Å². The van der Waals surface area contributed by atoms with Crippen molar-refractivity contribution in [2.45, 2.75) is 57.7 Å². The van der Waals surface area contributed by atoms with Crippen molar-refractivity contribution in [1.82, 2.24) is 0 Å². The van der Waals surface area contributed by atoms with Crippen molar-refractivity contribution >= 4 is 0 Å². The summed E-state index contributed by atoms with van der Waals surface area (Å²) in [5, 5.41) is 9.81. The topological polar surface area (TPSA) is 20.2 Å². The molecule has 1 atom stereocenters. The Bertz CT molecular complexity index is 374. The van der Waals surface area contributed by atoms with Crippen LogP contribution in [0.15, 0.2) is 24.3 Å². The zero-order chi connectivity index (χ0) is 14.3. The van der Waals surface area contributed by atoms with Gasteiger partial charge >= 0.3 is 6.18 Å². The van der Waals surface area contributed by atoms with Gasteiger partial charge in [0.2, 0.25) is 0 Å². The Morgan fingerprint density at radius 2 is 1.89 bits per heavy atom. The van der Waals surface area contributed by atoms with Crippen molar-refractivity contribution in [3.05, 3.63) is 35.4 Å². The Hall–Kier alpha value is -1.03. The third-order valence-electron chi connectivity index (χ3n) is 3.12. The molecular formula is C15H21F3O. The first-order valence-corrected chi connectivity index (χ1v) is 6.77. The molecular weight excluding hydrogens is 253 g/mol. The van der Waals surface area contributed by atoms with Crippen molar-refractivity contribution in [2.75, 3.05) is 0 Å². The van der Waals surface area contributed by atoms with E-state index in [9.17, 15) is 18.3 Å². The summed E-state index contributed by atoms with van der Waals surface area (Å²) in [6.45, 7) is 2.11. The number of alkyl halides is 3. The second kappa shape index (κ2) is 7.53. The number of unbranched alkanes of at least 4 members (excludes halogenated alkanes) is 3. The lowest BCUT2D eigenvalue weighted by Gasteiger charge is -2.12. The first kappa shape index (κ1) is 16.0. The molecule has 1 aromatic carbocycles. The van der Waals surface area contributed by atoms with Crippen LogP contribution in [0.1, 0.15) is 50.2 Å². The van der Waals surface area contributed by atoms with E-state index in [1.54, 1.807) is 6.07 Å². The highest BCUT2D eigenvalue weighted by Gasteiger charge is 2.30. The zero-order valence-electron chi connectivity index (χ0n) is 11.2. The van der Waals surface area contributed by atoms with Gasteiger partial charge in [0.25, 0.3) is 0 Å². The minimum atomic E-state index is -4.32. The summed E-state index contributed by atoms with van der Waals surface area (Å²) in [6, 6.07) is 5.19. The van der Waals surface area contributed by atoms with E-state index < -0.39 is 17.8 Å². The van der Waals surface area contributed by atoms with Crippen molar-refractivity contribution in [3.8, 4) is 0 Å². The number of aliphatic hydroxyl groups is 1. The minimum Gasteiger partial charge on any atom is -0.393 e. The second-order valence-corrected chi connectivity index (χ2v) is 4.91. The molecule has 0 aliphatic carbocycles. The summed E-state index contributed by atoms with van der Waals surface area (Å²) in [6.07, 6.45) is 0.318. The van der Waals surface area contributed by atoms with Crippen molar-refractivity contribution in [1.29, 1.82) is 0 Å². The summed E-state index contributed by atoms with van der Waals surface area (Å²) in [4.78, 5) is 0. The van der Waals surface area contributed by atoms with E-state index in [0.29, 0.717) is 12.0 Å². The largest absolute Gasteiger partial charge is 0.416 e. The maximum atomic E-state index is 12.5. The Labute approximate surface area is 112 Å². The first-order chi connectivity index (χ1) is 8.93. The van der Waals surface area contributed by atoms with E-state index in [1.165, 1.54) is 6.07 Å². The summed E-state index contributed by atoms with van der Waals surface area (Å²) < 4.78 is 37.6. The smallest absolute Gasteiger partial charge is 0.393 e. The third-order valence-corrected chi connectivity index (χ3v) is 3.12. The molecule has 0 aromatic heterocycles. The summed E-state index contributed by atoms with van der Waals surface area (Å²) in [7, 11) is 0. The van der Waals surface area contributed by atoms with Gasteiger partial charge in [0, 0.05) is 0 Å². The Balaban J connectivity index is 2.48. The molecule has 0 aliphatic rings. The van der Waals surface area contributed by atoms with Gasteiger partial charge in [0.05, 0.1) is 11.7 Å². The molecule has 0 heterocycles. The fourth-order valence-corrected chi connectivity index (χ4v) is 2.06. The molecule has 4 heteroatoms. The molecule has 1 unspecified atom stereocenters. The molecule has 1 aromatic rings. The van der Waals surface area contributed by atoms with Crippen molar-refractivity contribution in [3.63, 3.8) is 0 Å². The van der Waals surface area contributed by atoms with Gasteiger partial charge in [-0.3, -0.25) is 0 Å². The zero-order valence-corrected chi connectivity index (χ0v) is 11.2. The monoisotopic (exact) mass is 274 g/mol. The van der Waals surface area contributed by atoms with Crippen LogP contribution in [0.3, 0.4) is 0 Å². The fraction of sp³-hybridized carbons (Fsp3) is 0.600. The van der Waals surface area contributed by atoms with Gasteiger partial charge in [0.15, 0.2) is 0 Å². The van der Waals surface area contributed by atoms with Gasteiger partial charge in [0.1, 0.15) is 0 Å². The molecule has 0 aliphatic heterocycles. The van der Waals surface area contributed by atoms with E-state index in [2.05, 4.69) is 6.92 Å². The average molecular weight is 274 g/mol. The van der Waals surface area contributed by atoms with E-state index in [-0.39, 0.29) is 6.42 Å². The highest BCUT2D eigenvalue weighted by Crippen LogP contribution is 2.29. The predicted octanol–water partition coefficient (Wildman–Crippen LogP) is 4.58. The quantitative estimate of drug-likeness (QED) is 0.722. The van der Waals surface area contributed by atoms with Gasteiger partial charge in [-0.15, -0.1) is 0 Å². The lowest BCUT2D eigenvalue weighted by atomic mass is 10.0. The lowest BCUT2D eigenvalue weighted by molar-refractivity contribution is -0.137.